The molecule has 1 radical (unpaired) electrons. The van der Waals surface area contributed by atoms with E-state index in [1.54, 1.807) is 0 Å². The molecule has 4 nitrogen and oxygen atoms in total. The van der Waals surface area contributed by atoms with Crippen LogP contribution in [0, 0.1) is 0 Å². The third kappa shape index (κ3) is 4.01. The van der Waals surface area contributed by atoms with Gasteiger partial charge >= 0.3 is 0 Å². The average Bonchev–Trinajstić information content (AvgIpc) is 3.53. The standard InChI is InChI=1S/C26H18N4.Sc/c1-2-4-17(5-3-1)25-15-24-14-22-9-8-20(28-22)12-18-6-7-19(27-18)13-21-10-11-23(29-21)16-26(25)30-24;/h1-16,28,30H;. The first kappa shape index (κ1) is 19.6. The molecule has 1 aromatic carbocycles. The van der Waals surface area contributed by atoms with Crippen molar-refractivity contribution in [2.24, 2.45) is 0 Å². The van der Waals surface area contributed by atoms with Gasteiger partial charge in [0.15, 0.2) is 0 Å². The summed E-state index contributed by atoms with van der Waals surface area (Å²) in [5.41, 5.74) is 10.1. The summed E-state index contributed by atoms with van der Waals surface area (Å²) in [6, 6.07) is 25.0. The number of rotatable bonds is 1. The molecule has 2 N–H and O–H groups in total. The molecule has 0 atom stereocenters. The van der Waals surface area contributed by atoms with Crippen molar-refractivity contribution < 1.29 is 25.8 Å². The molecule has 0 fully saturated rings. The van der Waals surface area contributed by atoms with Crippen molar-refractivity contribution in [1.82, 2.24) is 19.9 Å². The van der Waals surface area contributed by atoms with E-state index in [0.717, 1.165) is 50.4 Å². The van der Waals surface area contributed by atoms with Crippen molar-refractivity contribution in [3.05, 3.63) is 95.6 Å². The number of fused-ring (bicyclic) bond motifs is 8. The van der Waals surface area contributed by atoms with Crippen molar-refractivity contribution >= 4 is 46.4 Å². The molecule has 5 heterocycles. The van der Waals surface area contributed by atoms with E-state index in [2.05, 4.69) is 69.5 Å². The number of hydrogen-bond donors (Lipinski definition) is 2. The first-order valence-electron chi connectivity index (χ1n) is 9.92. The van der Waals surface area contributed by atoms with Crippen LogP contribution in [0.2, 0.25) is 0 Å². The Morgan fingerprint density at radius 2 is 1.13 bits per heavy atom. The largest absolute Gasteiger partial charge is 0.355 e. The van der Waals surface area contributed by atoms with Crippen LogP contribution in [0.15, 0.2) is 72.8 Å². The van der Waals surface area contributed by atoms with Gasteiger partial charge in [0.25, 0.3) is 0 Å². The van der Waals surface area contributed by atoms with Gasteiger partial charge in [-0.1, -0.05) is 30.3 Å². The number of aromatic amines is 2. The fraction of sp³-hybridized carbons (Fsp3) is 0. The van der Waals surface area contributed by atoms with Gasteiger partial charge in [-0.05, 0) is 72.3 Å². The topological polar surface area (TPSA) is 57.4 Å². The Labute approximate surface area is 198 Å². The fourth-order valence-corrected chi connectivity index (χ4v) is 3.87. The van der Waals surface area contributed by atoms with Crippen LogP contribution in [0.5, 0.6) is 0 Å². The van der Waals surface area contributed by atoms with E-state index >= 15 is 0 Å². The molecule has 4 aromatic rings. The fourth-order valence-electron chi connectivity index (χ4n) is 3.87. The van der Waals surface area contributed by atoms with Crippen molar-refractivity contribution in [2.75, 3.05) is 0 Å². The molecule has 5 heteroatoms. The normalized spacial score (nSPS) is 12.0. The van der Waals surface area contributed by atoms with E-state index in [1.165, 1.54) is 5.56 Å². The minimum Gasteiger partial charge on any atom is -0.355 e. The van der Waals surface area contributed by atoms with Gasteiger partial charge in [0.05, 0.1) is 22.8 Å². The van der Waals surface area contributed by atoms with Crippen molar-refractivity contribution in [3.8, 4) is 11.1 Å². The van der Waals surface area contributed by atoms with Crippen LogP contribution >= 0.6 is 0 Å². The Morgan fingerprint density at radius 3 is 1.84 bits per heavy atom. The number of nitrogens with one attached hydrogen (secondary N) is 2. The third-order valence-electron chi connectivity index (χ3n) is 5.25. The van der Waals surface area contributed by atoms with Crippen molar-refractivity contribution in [2.45, 2.75) is 0 Å². The Balaban J connectivity index is 0.00000204. The first-order chi connectivity index (χ1) is 14.8. The molecule has 3 aromatic heterocycles. The quantitative estimate of drug-likeness (QED) is 0.320. The number of nitrogens with zero attached hydrogens (tertiary/aromatic N) is 2. The summed E-state index contributed by atoms with van der Waals surface area (Å²) in [7, 11) is 0. The average molecular weight is 431 g/mol. The van der Waals surface area contributed by atoms with Crippen LogP contribution in [0.4, 0.5) is 0 Å². The zero-order chi connectivity index (χ0) is 19.9. The second-order valence-corrected chi connectivity index (χ2v) is 7.45. The van der Waals surface area contributed by atoms with E-state index < -0.39 is 0 Å². The van der Waals surface area contributed by atoms with Crippen LogP contribution < -0.4 is 0 Å². The second-order valence-electron chi connectivity index (χ2n) is 7.45. The zero-order valence-electron chi connectivity index (χ0n) is 16.7. The van der Waals surface area contributed by atoms with Gasteiger partial charge in [0, 0.05) is 53.5 Å². The second kappa shape index (κ2) is 8.08. The van der Waals surface area contributed by atoms with E-state index in [0.29, 0.717) is 0 Å². The molecular formula is C26H18N4Sc. The number of hydrogen-bond acceptors (Lipinski definition) is 2. The summed E-state index contributed by atoms with van der Waals surface area (Å²) in [5, 5.41) is 0. The molecule has 0 saturated heterocycles. The Bertz CT molecular complexity index is 1490. The predicted molar refractivity (Wildman–Crippen MR) is 124 cm³/mol. The van der Waals surface area contributed by atoms with Gasteiger partial charge < -0.3 is 9.97 Å². The van der Waals surface area contributed by atoms with Crippen LogP contribution in [-0.2, 0) is 25.8 Å². The first-order valence-corrected chi connectivity index (χ1v) is 9.92. The maximum absolute atomic E-state index is 4.76. The van der Waals surface area contributed by atoms with Gasteiger partial charge in [0.2, 0.25) is 0 Å². The summed E-state index contributed by atoms with van der Waals surface area (Å²) in [6.45, 7) is 0. The molecule has 6 rings (SSSR count). The maximum Gasteiger partial charge on any atom is 0.0659 e. The molecule has 8 bridgehead atoms. The van der Waals surface area contributed by atoms with E-state index in [-0.39, 0.29) is 25.8 Å². The molecule has 2 aliphatic rings. The molecule has 0 aliphatic carbocycles. The minimum absolute atomic E-state index is 0. The van der Waals surface area contributed by atoms with Gasteiger partial charge in [0.1, 0.15) is 0 Å². The number of aromatic nitrogens is 4. The smallest absolute Gasteiger partial charge is 0.0659 e. The Hall–Kier alpha value is -3.31. The molecule has 0 saturated carbocycles. The molecule has 2 aliphatic heterocycles. The van der Waals surface area contributed by atoms with Crippen molar-refractivity contribution in [3.63, 3.8) is 0 Å². The van der Waals surface area contributed by atoms with Gasteiger partial charge in [-0.25, -0.2) is 9.97 Å². The van der Waals surface area contributed by atoms with E-state index in [9.17, 15) is 0 Å². The summed E-state index contributed by atoms with van der Waals surface area (Å²) in [5.74, 6) is 0. The minimum atomic E-state index is 0. The van der Waals surface area contributed by atoms with Crippen LogP contribution in [0.25, 0.3) is 57.5 Å². The van der Waals surface area contributed by atoms with Gasteiger partial charge in [-0.15, -0.1) is 0 Å². The summed E-state index contributed by atoms with van der Waals surface area (Å²) >= 11 is 0. The monoisotopic (exact) mass is 431 g/mol. The molecule has 0 unspecified atom stereocenters. The maximum atomic E-state index is 4.76. The van der Waals surface area contributed by atoms with Crippen LogP contribution in [0.1, 0.15) is 22.8 Å². The summed E-state index contributed by atoms with van der Waals surface area (Å²) < 4.78 is 0. The SMILES string of the molecule is C1=Cc2cc3ccc(cc4cc(-c5ccccc5)c(cc5nc(cc1n2)C=C5)[nH]4)[nH]3.[Sc]. The Kier molecular flexibility index (Phi) is 5.12. The molecule has 145 valence electrons. The predicted octanol–water partition coefficient (Wildman–Crippen LogP) is 6.32. The molecule has 0 spiro atoms. The zero-order valence-corrected chi connectivity index (χ0v) is 18.5. The van der Waals surface area contributed by atoms with Crippen LogP contribution in [0.3, 0.4) is 0 Å². The summed E-state index contributed by atoms with van der Waals surface area (Å²) in [4.78, 5) is 16.4. The van der Waals surface area contributed by atoms with Gasteiger partial charge in [-0.3, -0.25) is 0 Å². The molecular weight excluding hydrogens is 413 g/mol. The third-order valence-corrected chi connectivity index (χ3v) is 5.25. The number of H-pyrrole nitrogens is 2. The van der Waals surface area contributed by atoms with E-state index in [1.807, 2.05) is 42.5 Å². The van der Waals surface area contributed by atoms with E-state index in [4.69, 9.17) is 4.98 Å². The molecule has 31 heavy (non-hydrogen) atoms. The van der Waals surface area contributed by atoms with Crippen LogP contribution in [-0.4, -0.2) is 19.9 Å². The van der Waals surface area contributed by atoms with Gasteiger partial charge in [-0.2, -0.15) is 0 Å². The molecule has 0 amide bonds. The number of benzene rings is 1. The van der Waals surface area contributed by atoms with Crippen molar-refractivity contribution in [1.29, 1.82) is 0 Å². The Morgan fingerprint density at radius 1 is 0.516 bits per heavy atom. The summed E-state index contributed by atoms with van der Waals surface area (Å²) in [6.07, 6.45) is 8.10.